The van der Waals surface area contributed by atoms with Crippen LogP contribution in [0.5, 0.6) is 5.75 Å². The number of hydrogen-bond donors (Lipinski definition) is 1. The molecule has 0 bridgehead atoms. The highest BCUT2D eigenvalue weighted by Crippen LogP contribution is 2.28. The number of benzene rings is 2. The van der Waals surface area contributed by atoms with Crippen LogP contribution in [0.1, 0.15) is 25.8 Å². The first-order valence-electron chi connectivity index (χ1n) is 8.16. The minimum absolute atomic E-state index is 0.253. The molecule has 0 unspecified atom stereocenters. The van der Waals surface area contributed by atoms with E-state index >= 15 is 0 Å². The summed E-state index contributed by atoms with van der Waals surface area (Å²) in [7, 11) is 0. The Kier molecular flexibility index (Phi) is 5.68. The molecule has 2 aromatic carbocycles. The van der Waals surface area contributed by atoms with Gasteiger partial charge < -0.3 is 14.5 Å². The number of aromatic amines is 1. The van der Waals surface area contributed by atoms with Gasteiger partial charge in [-0.1, -0.05) is 35.3 Å². The number of rotatable bonds is 5. The first-order valence-corrected chi connectivity index (χ1v) is 8.92. The van der Waals surface area contributed by atoms with Crippen LogP contribution in [0, 0.1) is 0 Å². The van der Waals surface area contributed by atoms with Gasteiger partial charge in [0.2, 0.25) is 0 Å². The van der Waals surface area contributed by atoms with Crippen molar-refractivity contribution < 1.29 is 14.3 Å². The van der Waals surface area contributed by atoms with Gasteiger partial charge in [-0.15, -0.1) is 0 Å². The van der Waals surface area contributed by atoms with Crippen LogP contribution in [-0.2, 0) is 9.53 Å². The summed E-state index contributed by atoms with van der Waals surface area (Å²) >= 11 is 11.9. The SMILES string of the molecule is C[C@@H](Oc1ccc(Cl)cc1Cl)C(=O)O[C@H](C)c1nc2ccccc2c(=O)[nH]1. The molecule has 2 atom stereocenters. The summed E-state index contributed by atoms with van der Waals surface area (Å²) in [5, 5.41) is 1.21. The van der Waals surface area contributed by atoms with Gasteiger partial charge >= 0.3 is 5.97 Å². The molecule has 0 aliphatic rings. The Labute approximate surface area is 165 Å². The third-order valence-electron chi connectivity index (χ3n) is 3.84. The molecule has 0 aliphatic heterocycles. The second-order valence-corrected chi connectivity index (χ2v) is 6.73. The minimum atomic E-state index is -0.918. The molecule has 27 heavy (non-hydrogen) atoms. The van der Waals surface area contributed by atoms with Gasteiger partial charge in [-0.25, -0.2) is 9.78 Å². The zero-order valence-corrected chi connectivity index (χ0v) is 16.0. The fraction of sp³-hybridized carbons (Fsp3) is 0.211. The van der Waals surface area contributed by atoms with E-state index in [9.17, 15) is 9.59 Å². The topological polar surface area (TPSA) is 81.3 Å². The van der Waals surface area contributed by atoms with Gasteiger partial charge in [0.1, 0.15) is 5.75 Å². The van der Waals surface area contributed by atoms with E-state index in [1.807, 2.05) is 0 Å². The Balaban J connectivity index is 1.72. The van der Waals surface area contributed by atoms with E-state index in [0.717, 1.165) is 0 Å². The minimum Gasteiger partial charge on any atom is -0.477 e. The lowest BCUT2D eigenvalue weighted by molar-refractivity contribution is -0.156. The number of nitrogens with one attached hydrogen (secondary N) is 1. The molecule has 0 radical (unpaired) electrons. The van der Waals surface area contributed by atoms with Crippen molar-refractivity contribution in [2.24, 2.45) is 0 Å². The van der Waals surface area contributed by atoms with Gasteiger partial charge in [-0.2, -0.15) is 0 Å². The van der Waals surface area contributed by atoms with Crippen LogP contribution >= 0.6 is 23.2 Å². The van der Waals surface area contributed by atoms with Crippen molar-refractivity contribution in [3.05, 3.63) is 68.7 Å². The smallest absolute Gasteiger partial charge is 0.347 e. The van der Waals surface area contributed by atoms with Crippen LogP contribution < -0.4 is 10.3 Å². The van der Waals surface area contributed by atoms with Gasteiger partial charge in [0.15, 0.2) is 18.0 Å². The van der Waals surface area contributed by atoms with E-state index in [-0.39, 0.29) is 16.4 Å². The van der Waals surface area contributed by atoms with Crippen molar-refractivity contribution >= 4 is 40.1 Å². The summed E-state index contributed by atoms with van der Waals surface area (Å²) < 4.78 is 10.9. The first-order chi connectivity index (χ1) is 12.8. The van der Waals surface area contributed by atoms with E-state index in [0.29, 0.717) is 21.7 Å². The number of carbonyl (C=O) groups excluding carboxylic acids is 1. The lowest BCUT2D eigenvalue weighted by atomic mass is 10.2. The second-order valence-electron chi connectivity index (χ2n) is 5.88. The monoisotopic (exact) mass is 406 g/mol. The molecule has 0 amide bonds. The van der Waals surface area contributed by atoms with Crippen molar-refractivity contribution in [2.75, 3.05) is 0 Å². The zero-order valence-electron chi connectivity index (χ0n) is 14.5. The lowest BCUT2D eigenvalue weighted by Crippen LogP contribution is -2.28. The highest BCUT2D eigenvalue weighted by molar-refractivity contribution is 6.35. The predicted octanol–water partition coefficient (Wildman–Crippen LogP) is 4.30. The number of halogens is 2. The molecule has 0 saturated carbocycles. The number of carbonyl (C=O) groups is 1. The van der Waals surface area contributed by atoms with Crippen molar-refractivity contribution in [2.45, 2.75) is 26.1 Å². The maximum absolute atomic E-state index is 12.3. The van der Waals surface area contributed by atoms with Crippen LogP contribution in [0.4, 0.5) is 0 Å². The van der Waals surface area contributed by atoms with E-state index in [2.05, 4.69) is 9.97 Å². The number of fused-ring (bicyclic) bond motifs is 1. The fourth-order valence-corrected chi connectivity index (χ4v) is 2.89. The summed E-state index contributed by atoms with van der Waals surface area (Å²) in [6.07, 6.45) is -1.68. The first kappa shape index (κ1) is 19.2. The van der Waals surface area contributed by atoms with Gasteiger partial charge in [-0.3, -0.25) is 4.79 Å². The molecule has 0 saturated heterocycles. The zero-order chi connectivity index (χ0) is 19.6. The summed E-state index contributed by atoms with van der Waals surface area (Å²) in [6, 6.07) is 11.6. The second kappa shape index (κ2) is 7.98. The molecule has 3 aromatic rings. The molecule has 140 valence electrons. The lowest BCUT2D eigenvalue weighted by Gasteiger charge is -2.18. The van der Waals surface area contributed by atoms with Crippen LogP contribution in [0.25, 0.3) is 10.9 Å². The summed E-state index contributed by atoms with van der Waals surface area (Å²) in [5.41, 5.74) is 0.229. The maximum Gasteiger partial charge on any atom is 0.347 e. The molecule has 1 heterocycles. The molecule has 1 N–H and O–H groups in total. The molecule has 8 heteroatoms. The molecule has 3 rings (SSSR count). The number of H-pyrrole nitrogens is 1. The van der Waals surface area contributed by atoms with E-state index in [1.165, 1.54) is 13.0 Å². The Morgan fingerprint density at radius 2 is 1.89 bits per heavy atom. The molecular formula is C19H16Cl2N2O4. The van der Waals surface area contributed by atoms with Gasteiger partial charge in [0.25, 0.3) is 5.56 Å². The van der Waals surface area contributed by atoms with Crippen molar-refractivity contribution in [3.8, 4) is 5.75 Å². The largest absolute Gasteiger partial charge is 0.477 e. The van der Waals surface area contributed by atoms with Crippen molar-refractivity contribution in [1.82, 2.24) is 9.97 Å². The van der Waals surface area contributed by atoms with Crippen LogP contribution in [0.3, 0.4) is 0 Å². The van der Waals surface area contributed by atoms with Crippen LogP contribution in [0.15, 0.2) is 47.3 Å². The number of para-hydroxylation sites is 1. The van der Waals surface area contributed by atoms with Crippen LogP contribution in [0.2, 0.25) is 10.0 Å². The third kappa shape index (κ3) is 4.40. The Bertz CT molecular complexity index is 1050. The molecule has 0 fully saturated rings. The number of esters is 1. The van der Waals surface area contributed by atoms with Crippen LogP contribution in [-0.4, -0.2) is 22.0 Å². The number of nitrogens with zero attached hydrogens (tertiary/aromatic N) is 1. The van der Waals surface area contributed by atoms with Gasteiger partial charge in [0.05, 0.1) is 15.9 Å². The third-order valence-corrected chi connectivity index (χ3v) is 4.37. The van der Waals surface area contributed by atoms with E-state index in [1.54, 1.807) is 43.3 Å². The van der Waals surface area contributed by atoms with E-state index in [4.69, 9.17) is 32.7 Å². The molecule has 0 spiro atoms. The molecule has 6 nitrogen and oxygen atoms in total. The average Bonchev–Trinajstić information content (AvgIpc) is 2.63. The standard InChI is InChI=1S/C19H16Cl2N2O4/c1-10(17-22-15-6-4-3-5-13(15)18(24)23-17)27-19(25)11(2)26-16-8-7-12(20)9-14(16)21/h3-11H,1-2H3,(H,22,23,24)/t10-,11-/m1/s1. The van der Waals surface area contributed by atoms with E-state index < -0.39 is 18.2 Å². The number of hydrogen-bond acceptors (Lipinski definition) is 5. The van der Waals surface area contributed by atoms with Crippen molar-refractivity contribution in [1.29, 1.82) is 0 Å². The summed E-state index contributed by atoms with van der Waals surface area (Å²) in [5.74, 6) is -0.0523. The summed E-state index contributed by atoms with van der Waals surface area (Å²) in [4.78, 5) is 31.5. The predicted molar refractivity (Wildman–Crippen MR) is 103 cm³/mol. The molecule has 0 aliphatic carbocycles. The average molecular weight is 407 g/mol. The van der Waals surface area contributed by atoms with Gasteiger partial charge in [0, 0.05) is 5.02 Å². The number of aromatic nitrogens is 2. The quantitative estimate of drug-likeness (QED) is 0.638. The molecule has 1 aromatic heterocycles. The Morgan fingerprint density at radius 3 is 2.63 bits per heavy atom. The Morgan fingerprint density at radius 1 is 1.15 bits per heavy atom. The van der Waals surface area contributed by atoms with Gasteiger partial charge in [-0.05, 0) is 44.2 Å². The number of ether oxygens (including phenoxy) is 2. The fourth-order valence-electron chi connectivity index (χ4n) is 2.43. The maximum atomic E-state index is 12.3. The van der Waals surface area contributed by atoms with Crippen molar-refractivity contribution in [3.63, 3.8) is 0 Å². The Hall–Kier alpha value is -2.57. The highest BCUT2D eigenvalue weighted by Gasteiger charge is 2.22. The summed E-state index contributed by atoms with van der Waals surface area (Å²) in [6.45, 7) is 3.16. The highest BCUT2D eigenvalue weighted by atomic mass is 35.5. The molecular weight excluding hydrogens is 391 g/mol. The normalized spacial score (nSPS) is 13.2.